The molecule has 29 heavy (non-hydrogen) atoms. The molecule has 0 saturated carbocycles. The van der Waals surface area contributed by atoms with Crippen molar-refractivity contribution in [3.63, 3.8) is 0 Å². The molecule has 3 heterocycles. The number of nitrogens with zero attached hydrogens (tertiary/aromatic N) is 5. The highest BCUT2D eigenvalue weighted by Crippen LogP contribution is 2.27. The maximum Gasteiger partial charge on any atom is 0.259 e. The number of aromatic nitrogens is 4. The Morgan fingerprint density at radius 3 is 2.48 bits per heavy atom. The van der Waals surface area contributed by atoms with E-state index in [-0.39, 0.29) is 11.9 Å². The SMILES string of the molecule is COC(C(=O)Nc1ccnn1C1CCN(c2ncccn2)CC1)c1ccccc1. The number of hydrogen-bond donors (Lipinski definition) is 1. The molecule has 3 aromatic rings. The average molecular weight is 392 g/mol. The van der Waals surface area contributed by atoms with E-state index in [2.05, 4.69) is 25.3 Å². The van der Waals surface area contributed by atoms with Crippen LogP contribution in [0.25, 0.3) is 0 Å². The highest BCUT2D eigenvalue weighted by atomic mass is 16.5. The summed E-state index contributed by atoms with van der Waals surface area (Å²) in [6.45, 7) is 1.68. The molecule has 1 amide bonds. The summed E-state index contributed by atoms with van der Waals surface area (Å²) in [4.78, 5) is 23.6. The second-order valence-corrected chi connectivity index (χ2v) is 6.94. The normalized spacial score (nSPS) is 15.8. The number of benzene rings is 1. The van der Waals surface area contributed by atoms with Crippen LogP contribution in [0, 0.1) is 0 Å². The number of carbonyl (C=O) groups excluding carboxylic acids is 1. The molecule has 150 valence electrons. The van der Waals surface area contributed by atoms with Gasteiger partial charge in [-0.15, -0.1) is 0 Å². The summed E-state index contributed by atoms with van der Waals surface area (Å²) < 4.78 is 7.33. The summed E-state index contributed by atoms with van der Waals surface area (Å²) >= 11 is 0. The van der Waals surface area contributed by atoms with Gasteiger partial charge >= 0.3 is 0 Å². The van der Waals surface area contributed by atoms with E-state index in [1.54, 1.807) is 18.6 Å². The molecule has 4 rings (SSSR count). The van der Waals surface area contributed by atoms with Gasteiger partial charge in [0.2, 0.25) is 5.95 Å². The first-order valence-electron chi connectivity index (χ1n) is 9.70. The molecule has 1 unspecified atom stereocenters. The van der Waals surface area contributed by atoms with Crippen LogP contribution in [0.4, 0.5) is 11.8 Å². The molecule has 1 atom stereocenters. The molecule has 1 aliphatic rings. The first-order valence-corrected chi connectivity index (χ1v) is 9.70. The lowest BCUT2D eigenvalue weighted by molar-refractivity contribution is -0.126. The number of carbonyl (C=O) groups is 1. The van der Waals surface area contributed by atoms with E-state index in [9.17, 15) is 4.79 Å². The Labute approximate surface area is 169 Å². The van der Waals surface area contributed by atoms with Crippen LogP contribution < -0.4 is 10.2 Å². The molecule has 1 saturated heterocycles. The highest BCUT2D eigenvalue weighted by molar-refractivity contribution is 5.94. The van der Waals surface area contributed by atoms with Crippen LogP contribution in [0.1, 0.15) is 30.6 Å². The van der Waals surface area contributed by atoms with Crippen molar-refractivity contribution in [2.24, 2.45) is 0 Å². The molecular formula is C21H24N6O2. The van der Waals surface area contributed by atoms with E-state index >= 15 is 0 Å². The standard InChI is InChI=1S/C21H24N6O2/c1-29-19(16-6-3-2-4-7-16)20(28)25-18-8-13-24-27(18)17-9-14-26(15-10-17)21-22-11-5-12-23-21/h2-8,11-13,17,19H,9-10,14-15H2,1H3,(H,25,28). The van der Waals surface area contributed by atoms with Gasteiger partial charge in [0.1, 0.15) is 5.82 Å². The molecule has 2 aromatic heterocycles. The summed E-state index contributed by atoms with van der Waals surface area (Å²) in [7, 11) is 1.54. The second-order valence-electron chi connectivity index (χ2n) is 6.94. The monoisotopic (exact) mass is 392 g/mol. The van der Waals surface area contributed by atoms with Gasteiger partial charge < -0.3 is 15.0 Å². The molecule has 1 aromatic carbocycles. The fraction of sp³-hybridized carbons (Fsp3) is 0.333. The third kappa shape index (κ3) is 4.27. The van der Waals surface area contributed by atoms with E-state index in [1.807, 2.05) is 47.1 Å². The Morgan fingerprint density at radius 2 is 1.79 bits per heavy atom. The predicted octanol–water partition coefficient (Wildman–Crippen LogP) is 2.84. The number of nitrogens with one attached hydrogen (secondary N) is 1. The van der Waals surface area contributed by atoms with E-state index in [0.717, 1.165) is 37.4 Å². The van der Waals surface area contributed by atoms with Gasteiger partial charge in [-0.3, -0.25) is 4.79 Å². The molecule has 8 heteroatoms. The minimum Gasteiger partial charge on any atom is -0.367 e. The van der Waals surface area contributed by atoms with E-state index in [4.69, 9.17) is 4.74 Å². The Hall–Kier alpha value is -3.26. The van der Waals surface area contributed by atoms with Crippen LogP contribution in [0.5, 0.6) is 0 Å². The lowest BCUT2D eigenvalue weighted by atomic mass is 10.1. The lowest BCUT2D eigenvalue weighted by Crippen LogP contribution is -2.36. The van der Waals surface area contributed by atoms with Crippen molar-refractivity contribution in [3.05, 3.63) is 66.6 Å². The third-order valence-corrected chi connectivity index (χ3v) is 5.14. The largest absolute Gasteiger partial charge is 0.367 e. The van der Waals surface area contributed by atoms with Gasteiger partial charge in [-0.05, 0) is 24.5 Å². The van der Waals surface area contributed by atoms with E-state index in [1.165, 1.54) is 7.11 Å². The van der Waals surface area contributed by atoms with Crippen molar-refractivity contribution in [1.82, 2.24) is 19.7 Å². The third-order valence-electron chi connectivity index (χ3n) is 5.14. The fourth-order valence-electron chi connectivity index (χ4n) is 3.68. The van der Waals surface area contributed by atoms with Crippen molar-refractivity contribution in [1.29, 1.82) is 0 Å². The zero-order chi connectivity index (χ0) is 20.1. The van der Waals surface area contributed by atoms with Gasteiger partial charge in [-0.2, -0.15) is 5.10 Å². The number of methoxy groups -OCH3 is 1. The van der Waals surface area contributed by atoms with E-state index in [0.29, 0.717) is 5.82 Å². The van der Waals surface area contributed by atoms with Crippen molar-refractivity contribution < 1.29 is 9.53 Å². The summed E-state index contributed by atoms with van der Waals surface area (Å²) in [5, 5.41) is 7.44. The zero-order valence-electron chi connectivity index (χ0n) is 16.3. The summed E-state index contributed by atoms with van der Waals surface area (Å²) in [6.07, 6.45) is 6.36. The second kappa shape index (κ2) is 8.83. The first-order chi connectivity index (χ1) is 14.3. The Bertz CT molecular complexity index is 923. The number of piperidine rings is 1. The molecular weight excluding hydrogens is 368 g/mol. The molecule has 0 bridgehead atoms. The highest BCUT2D eigenvalue weighted by Gasteiger charge is 2.26. The minimum atomic E-state index is -0.670. The van der Waals surface area contributed by atoms with Gasteiger partial charge in [-0.25, -0.2) is 14.6 Å². The molecule has 0 spiro atoms. The summed E-state index contributed by atoms with van der Waals surface area (Å²) in [5.74, 6) is 1.23. The zero-order valence-corrected chi connectivity index (χ0v) is 16.3. The maximum atomic E-state index is 12.8. The number of hydrogen-bond acceptors (Lipinski definition) is 6. The minimum absolute atomic E-state index is 0.206. The first kappa shape index (κ1) is 19.1. The van der Waals surface area contributed by atoms with Crippen LogP contribution in [-0.4, -0.2) is 45.9 Å². The maximum absolute atomic E-state index is 12.8. The van der Waals surface area contributed by atoms with Gasteiger partial charge in [0.15, 0.2) is 6.10 Å². The van der Waals surface area contributed by atoms with Crippen LogP contribution in [0.15, 0.2) is 61.1 Å². The molecule has 8 nitrogen and oxygen atoms in total. The van der Waals surface area contributed by atoms with Crippen LogP contribution >= 0.6 is 0 Å². The number of amides is 1. The van der Waals surface area contributed by atoms with Crippen molar-refractivity contribution >= 4 is 17.7 Å². The lowest BCUT2D eigenvalue weighted by Gasteiger charge is -2.32. The van der Waals surface area contributed by atoms with Gasteiger partial charge in [0, 0.05) is 38.7 Å². The Morgan fingerprint density at radius 1 is 1.07 bits per heavy atom. The summed E-state index contributed by atoms with van der Waals surface area (Å²) in [5.41, 5.74) is 0.815. The molecule has 0 aliphatic carbocycles. The Kier molecular flexibility index (Phi) is 5.81. The van der Waals surface area contributed by atoms with Gasteiger partial charge in [0.05, 0.1) is 12.2 Å². The number of anilines is 2. The average Bonchev–Trinajstić information content (AvgIpc) is 3.24. The quantitative estimate of drug-likeness (QED) is 0.694. The van der Waals surface area contributed by atoms with Crippen LogP contribution in [0.2, 0.25) is 0 Å². The van der Waals surface area contributed by atoms with Gasteiger partial charge in [0.25, 0.3) is 5.91 Å². The molecule has 0 radical (unpaired) electrons. The number of ether oxygens (including phenoxy) is 1. The predicted molar refractivity (Wildman–Crippen MR) is 110 cm³/mol. The van der Waals surface area contributed by atoms with Crippen molar-refractivity contribution in [3.8, 4) is 0 Å². The number of rotatable bonds is 6. The van der Waals surface area contributed by atoms with Crippen molar-refractivity contribution in [2.75, 3.05) is 30.4 Å². The smallest absolute Gasteiger partial charge is 0.259 e. The van der Waals surface area contributed by atoms with Crippen molar-refractivity contribution in [2.45, 2.75) is 25.0 Å². The summed E-state index contributed by atoms with van der Waals surface area (Å²) in [6, 6.07) is 13.3. The molecule has 1 aliphatic heterocycles. The molecule has 1 N–H and O–H groups in total. The van der Waals surface area contributed by atoms with Gasteiger partial charge in [-0.1, -0.05) is 30.3 Å². The topological polar surface area (TPSA) is 85.2 Å². The van der Waals surface area contributed by atoms with E-state index < -0.39 is 6.10 Å². The van der Waals surface area contributed by atoms with Crippen LogP contribution in [-0.2, 0) is 9.53 Å². The molecule has 1 fully saturated rings. The fourth-order valence-corrected chi connectivity index (χ4v) is 3.68. The van der Waals surface area contributed by atoms with Crippen LogP contribution in [0.3, 0.4) is 0 Å². The Balaban J connectivity index is 1.42.